The van der Waals surface area contributed by atoms with Gasteiger partial charge in [0, 0.05) is 38.2 Å². The van der Waals surface area contributed by atoms with Crippen LogP contribution in [-0.2, 0) is 11.2 Å². The zero-order valence-electron chi connectivity index (χ0n) is 15.3. The van der Waals surface area contributed by atoms with Gasteiger partial charge >= 0.3 is 0 Å². The van der Waals surface area contributed by atoms with Gasteiger partial charge in [-0.3, -0.25) is 14.4 Å². The van der Waals surface area contributed by atoms with Crippen molar-refractivity contribution in [3.63, 3.8) is 0 Å². The summed E-state index contributed by atoms with van der Waals surface area (Å²) in [5.41, 5.74) is -0.0604. The van der Waals surface area contributed by atoms with Crippen molar-refractivity contribution in [2.75, 3.05) is 33.3 Å². The van der Waals surface area contributed by atoms with E-state index in [1.807, 2.05) is 0 Å². The van der Waals surface area contributed by atoms with Crippen molar-refractivity contribution >= 4 is 23.2 Å². The molecule has 1 aromatic carbocycles. The average Bonchev–Trinajstić information content (AvgIpc) is 2.68. The van der Waals surface area contributed by atoms with Gasteiger partial charge in [0.15, 0.2) is 28.8 Å². The van der Waals surface area contributed by atoms with Gasteiger partial charge in [-0.2, -0.15) is 0 Å². The summed E-state index contributed by atoms with van der Waals surface area (Å²) in [6.07, 6.45) is 0.871. The van der Waals surface area contributed by atoms with Gasteiger partial charge in [0.2, 0.25) is 5.91 Å². The van der Waals surface area contributed by atoms with Crippen LogP contribution in [0.2, 0.25) is 0 Å². The van der Waals surface area contributed by atoms with E-state index in [4.69, 9.17) is 9.15 Å². The Labute approximate surface area is 155 Å². The number of piperazine rings is 1. The summed E-state index contributed by atoms with van der Waals surface area (Å²) >= 11 is 0. The second-order valence-electron chi connectivity index (χ2n) is 6.43. The second kappa shape index (κ2) is 7.79. The lowest BCUT2D eigenvalue weighted by Gasteiger charge is -2.27. The Balaban J connectivity index is 1.96. The van der Waals surface area contributed by atoms with E-state index in [9.17, 15) is 19.5 Å². The molecule has 3 rings (SSSR count). The number of phenols is 1. The Morgan fingerprint density at radius 1 is 1.41 bits per heavy atom. The fourth-order valence-corrected chi connectivity index (χ4v) is 3.32. The number of ether oxygens (including phenoxy) is 1. The third-order valence-electron chi connectivity index (χ3n) is 4.85. The normalized spacial score (nSPS) is 14.4. The number of nitrogens with one attached hydrogen (secondary N) is 1. The van der Waals surface area contributed by atoms with Gasteiger partial charge in [0.1, 0.15) is 11.3 Å². The smallest absolute Gasteiger partial charge is 0.222 e. The Morgan fingerprint density at radius 2 is 2.11 bits per heavy atom. The summed E-state index contributed by atoms with van der Waals surface area (Å²) in [6, 6.07) is 1.35. The van der Waals surface area contributed by atoms with Gasteiger partial charge in [-0.15, -0.1) is 0 Å². The highest BCUT2D eigenvalue weighted by Gasteiger charge is 2.22. The van der Waals surface area contributed by atoms with Gasteiger partial charge in [0.05, 0.1) is 12.5 Å². The van der Waals surface area contributed by atoms with Crippen LogP contribution >= 0.6 is 0 Å². The van der Waals surface area contributed by atoms with Crippen LogP contribution in [0.4, 0.5) is 0 Å². The van der Waals surface area contributed by atoms with E-state index in [1.54, 1.807) is 11.8 Å². The largest absolute Gasteiger partial charge is 0.504 e. The number of carbonyl (C=O) groups excluding carboxylic acids is 2. The molecule has 2 aromatic rings. The van der Waals surface area contributed by atoms with Crippen LogP contribution in [0, 0.1) is 6.92 Å². The summed E-state index contributed by atoms with van der Waals surface area (Å²) in [4.78, 5) is 38.5. The molecule has 1 amide bonds. The summed E-state index contributed by atoms with van der Waals surface area (Å²) in [6.45, 7) is 4.45. The van der Waals surface area contributed by atoms with E-state index in [-0.39, 0.29) is 52.2 Å². The summed E-state index contributed by atoms with van der Waals surface area (Å²) < 4.78 is 10.7. The maximum absolute atomic E-state index is 12.9. The fraction of sp³-hybridized carbons (Fsp3) is 0.421. The molecule has 0 aliphatic carbocycles. The lowest BCUT2D eigenvalue weighted by atomic mass is 10.0. The third kappa shape index (κ3) is 3.52. The monoisotopic (exact) mass is 374 g/mol. The van der Waals surface area contributed by atoms with E-state index in [2.05, 4.69) is 5.32 Å². The number of aromatic hydroxyl groups is 1. The van der Waals surface area contributed by atoms with E-state index < -0.39 is 0 Å². The molecule has 2 heterocycles. The molecule has 144 valence electrons. The third-order valence-corrected chi connectivity index (χ3v) is 4.85. The molecule has 2 N–H and O–H groups in total. The van der Waals surface area contributed by atoms with Crippen molar-refractivity contribution in [1.82, 2.24) is 10.2 Å². The number of aldehydes is 1. The molecule has 0 saturated carbocycles. The first-order chi connectivity index (χ1) is 13.0. The van der Waals surface area contributed by atoms with Gasteiger partial charge < -0.3 is 24.5 Å². The van der Waals surface area contributed by atoms with E-state index in [0.717, 1.165) is 13.1 Å². The molecule has 1 aromatic heterocycles. The molecule has 27 heavy (non-hydrogen) atoms. The summed E-state index contributed by atoms with van der Waals surface area (Å²) in [5, 5.41) is 13.4. The number of hydrogen-bond acceptors (Lipinski definition) is 7. The standard InChI is InChI=1S/C19H22N2O6/c1-11-12(3-4-16(23)21-7-5-20-6-8-21)17(24)13-9-15(26-2)18(25)14(10-22)19(13)27-11/h9-10,20,25H,3-8H2,1-2H3. The van der Waals surface area contributed by atoms with E-state index in [0.29, 0.717) is 30.7 Å². The maximum Gasteiger partial charge on any atom is 0.222 e. The molecule has 0 atom stereocenters. The van der Waals surface area contributed by atoms with E-state index >= 15 is 0 Å². The molecule has 1 fully saturated rings. The highest BCUT2D eigenvalue weighted by atomic mass is 16.5. The van der Waals surface area contributed by atoms with Gasteiger partial charge in [-0.05, 0) is 19.4 Å². The molecule has 8 nitrogen and oxygen atoms in total. The lowest BCUT2D eigenvalue weighted by molar-refractivity contribution is -0.131. The number of phenolic OH excluding ortho intramolecular Hbond substituents is 1. The van der Waals surface area contributed by atoms with Crippen molar-refractivity contribution < 1.29 is 23.8 Å². The van der Waals surface area contributed by atoms with Crippen LogP contribution in [-0.4, -0.2) is 55.5 Å². The Morgan fingerprint density at radius 3 is 2.74 bits per heavy atom. The Hall–Kier alpha value is -2.87. The molecule has 8 heteroatoms. The average molecular weight is 374 g/mol. The first-order valence-corrected chi connectivity index (χ1v) is 8.77. The number of carbonyl (C=O) groups is 2. The molecule has 1 aliphatic rings. The lowest BCUT2D eigenvalue weighted by Crippen LogP contribution is -2.46. The molecule has 0 spiro atoms. The number of methoxy groups -OCH3 is 1. The number of hydrogen-bond donors (Lipinski definition) is 2. The van der Waals surface area contributed by atoms with Crippen LogP contribution in [0.5, 0.6) is 11.5 Å². The summed E-state index contributed by atoms with van der Waals surface area (Å²) in [5.74, 6) is -0.0340. The minimum Gasteiger partial charge on any atom is -0.504 e. The van der Waals surface area contributed by atoms with Crippen molar-refractivity contribution in [3.05, 3.63) is 33.2 Å². The second-order valence-corrected chi connectivity index (χ2v) is 6.43. The minimum absolute atomic E-state index is 0.00716. The van der Waals surface area contributed by atoms with Gasteiger partial charge in [-0.25, -0.2) is 0 Å². The molecule has 0 unspecified atom stereocenters. The maximum atomic E-state index is 12.9. The van der Waals surface area contributed by atoms with Crippen molar-refractivity contribution in [2.45, 2.75) is 19.8 Å². The number of fused-ring (bicyclic) bond motifs is 1. The number of nitrogens with zero attached hydrogens (tertiary/aromatic N) is 1. The van der Waals surface area contributed by atoms with Crippen LogP contribution in [0.15, 0.2) is 15.3 Å². The predicted molar refractivity (Wildman–Crippen MR) is 98.6 cm³/mol. The van der Waals surface area contributed by atoms with Gasteiger partial charge in [-0.1, -0.05) is 0 Å². The van der Waals surface area contributed by atoms with Crippen molar-refractivity contribution in [1.29, 1.82) is 0 Å². The topological polar surface area (TPSA) is 109 Å². The highest BCUT2D eigenvalue weighted by molar-refractivity contribution is 5.99. The van der Waals surface area contributed by atoms with Crippen molar-refractivity contribution in [3.8, 4) is 11.5 Å². The first-order valence-electron chi connectivity index (χ1n) is 8.77. The van der Waals surface area contributed by atoms with Gasteiger partial charge in [0.25, 0.3) is 0 Å². The van der Waals surface area contributed by atoms with Crippen LogP contribution in [0.25, 0.3) is 11.0 Å². The highest BCUT2D eigenvalue weighted by Crippen LogP contribution is 2.35. The quantitative estimate of drug-likeness (QED) is 0.751. The van der Waals surface area contributed by atoms with Crippen LogP contribution in [0.1, 0.15) is 28.1 Å². The molecular formula is C19H22N2O6. The SMILES string of the molecule is COc1cc2c(=O)c(CCC(=O)N3CCNCC3)c(C)oc2c(C=O)c1O. The van der Waals surface area contributed by atoms with E-state index in [1.165, 1.54) is 13.2 Å². The zero-order valence-corrected chi connectivity index (χ0v) is 15.3. The minimum atomic E-state index is -0.371. The molecule has 0 radical (unpaired) electrons. The Kier molecular flexibility index (Phi) is 5.46. The Bertz CT molecular complexity index is 944. The molecule has 0 bridgehead atoms. The van der Waals surface area contributed by atoms with Crippen LogP contribution < -0.4 is 15.5 Å². The fourth-order valence-electron chi connectivity index (χ4n) is 3.32. The molecule has 1 aliphatic heterocycles. The number of rotatable bonds is 5. The number of aryl methyl sites for hydroxylation is 1. The predicted octanol–water partition coefficient (Wildman–Crippen LogP) is 0.993. The number of amides is 1. The summed E-state index contributed by atoms with van der Waals surface area (Å²) in [7, 11) is 1.33. The van der Waals surface area contributed by atoms with Crippen molar-refractivity contribution in [2.24, 2.45) is 0 Å². The molecular weight excluding hydrogens is 352 g/mol. The zero-order chi connectivity index (χ0) is 19.6. The van der Waals surface area contributed by atoms with Crippen LogP contribution in [0.3, 0.4) is 0 Å². The number of benzene rings is 1. The molecule has 1 saturated heterocycles. The first kappa shape index (κ1) is 18.9.